The van der Waals surface area contributed by atoms with Gasteiger partial charge in [0.1, 0.15) is 0 Å². The lowest BCUT2D eigenvalue weighted by Gasteiger charge is -2.16. The molecule has 0 atom stereocenters. The van der Waals surface area contributed by atoms with Crippen LogP contribution in [-0.2, 0) is 35.7 Å². The van der Waals surface area contributed by atoms with Crippen LogP contribution in [0.1, 0.15) is 36.2 Å². The minimum absolute atomic E-state index is 0.122. The quantitative estimate of drug-likeness (QED) is 0.578. The van der Waals surface area contributed by atoms with E-state index in [1.54, 1.807) is 0 Å². The van der Waals surface area contributed by atoms with Crippen LogP contribution >= 0.6 is 0 Å². The molecule has 0 spiro atoms. The standard InChI is InChI=1S/C13H9F7N2O3S.C2H6/c14-12(15,16)8-2-1-7(10(3-8)13(17,18)19)4-22-5-9(6-23)21-11(22)26(20,24)25;1-2/h1-3,5,23H,4,6H2;1-2H3. The number of aliphatic hydroxyl groups excluding tert-OH is 1. The lowest BCUT2D eigenvalue weighted by Crippen LogP contribution is -2.16. The Hall–Kier alpha value is -2.15. The van der Waals surface area contributed by atoms with Crippen LogP contribution in [0.2, 0.25) is 0 Å². The van der Waals surface area contributed by atoms with Gasteiger partial charge in [0.2, 0.25) is 0 Å². The monoisotopic (exact) mass is 436 g/mol. The van der Waals surface area contributed by atoms with Crippen molar-refractivity contribution in [2.24, 2.45) is 0 Å². The number of hydrogen-bond donors (Lipinski definition) is 1. The van der Waals surface area contributed by atoms with E-state index in [0.29, 0.717) is 16.7 Å². The fraction of sp³-hybridized carbons (Fsp3) is 0.400. The number of hydrogen-bond acceptors (Lipinski definition) is 4. The molecule has 0 aliphatic heterocycles. The van der Waals surface area contributed by atoms with Gasteiger partial charge in [-0.2, -0.15) is 34.8 Å². The van der Waals surface area contributed by atoms with Crippen molar-refractivity contribution in [3.05, 3.63) is 46.8 Å². The summed E-state index contributed by atoms with van der Waals surface area (Å²) in [5.41, 5.74) is -4.29. The Bertz CT molecular complexity index is 919. The predicted octanol–water partition coefficient (Wildman–Crippen LogP) is 4.15. The molecule has 1 aromatic carbocycles. The number of aromatic nitrogens is 2. The van der Waals surface area contributed by atoms with Gasteiger partial charge in [0.25, 0.3) is 5.16 Å². The summed E-state index contributed by atoms with van der Waals surface area (Å²) in [6.45, 7) is 2.24. The van der Waals surface area contributed by atoms with Gasteiger partial charge in [-0.25, -0.2) is 4.98 Å². The minimum Gasteiger partial charge on any atom is -0.390 e. The van der Waals surface area contributed by atoms with Gasteiger partial charge in [-0.15, -0.1) is 0 Å². The molecule has 5 nitrogen and oxygen atoms in total. The second kappa shape index (κ2) is 8.47. The molecule has 1 N–H and O–H groups in total. The molecule has 0 saturated carbocycles. The molecule has 0 saturated heterocycles. The Morgan fingerprint density at radius 2 is 1.64 bits per heavy atom. The maximum absolute atomic E-state index is 13.2. The Morgan fingerprint density at radius 1 is 1.07 bits per heavy atom. The Labute approximate surface area is 155 Å². The van der Waals surface area contributed by atoms with E-state index in [1.807, 2.05) is 13.8 Å². The van der Waals surface area contributed by atoms with Crippen LogP contribution in [0.15, 0.2) is 29.6 Å². The number of rotatable bonds is 4. The van der Waals surface area contributed by atoms with Crippen LogP contribution < -0.4 is 0 Å². The normalized spacial score (nSPS) is 12.5. The zero-order valence-electron chi connectivity index (χ0n) is 14.4. The summed E-state index contributed by atoms with van der Waals surface area (Å²) in [5, 5.41) is 7.65. The zero-order chi connectivity index (χ0) is 21.9. The highest BCUT2D eigenvalue weighted by atomic mass is 32.3. The largest absolute Gasteiger partial charge is 0.416 e. The van der Waals surface area contributed by atoms with Gasteiger partial charge in [-0.05, 0) is 17.7 Å². The van der Waals surface area contributed by atoms with E-state index in [2.05, 4.69) is 4.98 Å². The highest BCUT2D eigenvalue weighted by molar-refractivity contribution is 7.86. The Balaban J connectivity index is 0.00000190. The molecule has 13 heteroatoms. The van der Waals surface area contributed by atoms with Crippen molar-refractivity contribution in [2.45, 2.75) is 44.5 Å². The number of nitrogens with zero attached hydrogens (tertiary/aromatic N) is 2. The van der Waals surface area contributed by atoms with E-state index in [4.69, 9.17) is 5.11 Å². The maximum Gasteiger partial charge on any atom is 0.416 e. The summed E-state index contributed by atoms with van der Waals surface area (Å²) in [6.07, 6.45) is -9.42. The number of aliphatic hydroxyl groups is 1. The lowest BCUT2D eigenvalue weighted by atomic mass is 10.0. The van der Waals surface area contributed by atoms with Gasteiger partial charge >= 0.3 is 22.6 Å². The highest BCUT2D eigenvalue weighted by Gasteiger charge is 2.38. The fourth-order valence-corrected chi connectivity index (χ4v) is 2.80. The molecule has 0 aliphatic rings. The first-order valence-corrected chi connectivity index (χ1v) is 9.00. The molecule has 0 aliphatic carbocycles. The van der Waals surface area contributed by atoms with Crippen molar-refractivity contribution < 1.29 is 43.8 Å². The van der Waals surface area contributed by atoms with Crippen LogP contribution in [0.3, 0.4) is 0 Å². The topological polar surface area (TPSA) is 72.2 Å². The number of halogens is 7. The smallest absolute Gasteiger partial charge is 0.390 e. The fourth-order valence-electron chi connectivity index (χ4n) is 2.17. The molecular formula is C15H15F7N2O3S. The first-order chi connectivity index (χ1) is 12.7. The Morgan fingerprint density at radius 3 is 2.07 bits per heavy atom. The molecule has 0 fully saturated rings. The van der Waals surface area contributed by atoms with E-state index in [0.717, 1.165) is 6.20 Å². The van der Waals surface area contributed by atoms with Gasteiger partial charge in [0.15, 0.2) is 0 Å². The Kier molecular flexibility index (Phi) is 7.23. The number of benzene rings is 1. The van der Waals surface area contributed by atoms with Crippen LogP contribution in [0.4, 0.5) is 30.2 Å². The third kappa shape index (κ3) is 5.67. The molecule has 0 radical (unpaired) electrons. The molecule has 1 heterocycles. The van der Waals surface area contributed by atoms with E-state index < -0.39 is 57.6 Å². The van der Waals surface area contributed by atoms with E-state index in [1.165, 1.54) is 0 Å². The molecule has 158 valence electrons. The van der Waals surface area contributed by atoms with Crippen molar-refractivity contribution in [1.29, 1.82) is 0 Å². The summed E-state index contributed by atoms with van der Waals surface area (Å²) < 4.78 is 113. The predicted molar refractivity (Wildman–Crippen MR) is 83.3 cm³/mol. The van der Waals surface area contributed by atoms with Crippen LogP contribution in [-0.4, -0.2) is 23.1 Å². The zero-order valence-corrected chi connectivity index (χ0v) is 15.3. The molecule has 0 amide bonds. The highest BCUT2D eigenvalue weighted by Crippen LogP contribution is 2.37. The third-order valence-electron chi connectivity index (χ3n) is 3.25. The first kappa shape index (κ1) is 23.9. The average molecular weight is 436 g/mol. The molecular weight excluding hydrogens is 421 g/mol. The van der Waals surface area contributed by atoms with Crippen molar-refractivity contribution in [3.8, 4) is 0 Å². The lowest BCUT2D eigenvalue weighted by molar-refractivity contribution is -0.143. The average Bonchev–Trinajstić information content (AvgIpc) is 2.98. The first-order valence-electron chi connectivity index (χ1n) is 7.62. The molecule has 0 bridgehead atoms. The summed E-state index contributed by atoms with van der Waals surface area (Å²) in [4.78, 5) is 3.23. The second-order valence-corrected chi connectivity index (χ2v) is 6.35. The van der Waals surface area contributed by atoms with E-state index >= 15 is 0 Å². The summed E-state index contributed by atoms with van der Waals surface area (Å²) in [7, 11) is -5.44. The SMILES string of the molecule is CC.O=S(=O)(F)c1nc(CO)cn1Cc1ccc(C(F)(F)F)cc1C(F)(F)F. The van der Waals surface area contributed by atoms with Crippen LogP contribution in [0.5, 0.6) is 0 Å². The molecule has 2 aromatic rings. The van der Waals surface area contributed by atoms with E-state index in [9.17, 15) is 38.6 Å². The second-order valence-electron chi connectivity index (χ2n) is 5.11. The van der Waals surface area contributed by atoms with Crippen molar-refractivity contribution in [2.75, 3.05) is 0 Å². The summed E-state index contributed by atoms with van der Waals surface area (Å²) in [5.74, 6) is 0. The molecule has 2 rings (SSSR count). The van der Waals surface area contributed by atoms with Crippen LogP contribution in [0.25, 0.3) is 0 Å². The van der Waals surface area contributed by atoms with Crippen molar-refractivity contribution >= 4 is 10.2 Å². The maximum atomic E-state index is 13.2. The van der Waals surface area contributed by atoms with Gasteiger partial charge in [-0.3, -0.25) is 0 Å². The minimum atomic E-state index is -5.44. The van der Waals surface area contributed by atoms with Crippen molar-refractivity contribution in [3.63, 3.8) is 0 Å². The number of alkyl halides is 6. The van der Waals surface area contributed by atoms with Crippen LogP contribution in [0, 0.1) is 0 Å². The third-order valence-corrected chi connectivity index (χ3v) is 4.02. The van der Waals surface area contributed by atoms with Gasteiger partial charge in [-0.1, -0.05) is 23.8 Å². The summed E-state index contributed by atoms with van der Waals surface area (Å²) in [6, 6.07) is 0.778. The summed E-state index contributed by atoms with van der Waals surface area (Å²) >= 11 is 0. The number of imidazole rings is 1. The van der Waals surface area contributed by atoms with Gasteiger partial charge < -0.3 is 9.67 Å². The van der Waals surface area contributed by atoms with Gasteiger partial charge in [0, 0.05) is 6.20 Å². The van der Waals surface area contributed by atoms with Gasteiger partial charge in [0.05, 0.1) is 30.0 Å². The molecule has 28 heavy (non-hydrogen) atoms. The molecule has 0 unspecified atom stereocenters. The molecule has 1 aromatic heterocycles. The van der Waals surface area contributed by atoms with Crippen molar-refractivity contribution in [1.82, 2.24) is 9.55 Å². The van der Waals surface area contributed by atoms with E-state index in [-0.39, 0.29) is 11.8 Å².